The summed E-state index contributed by atoms with van der Waals surface area (Å²) in [6, 6.07) is 2.97. The second-order valence-corrected chi connectivity index (χ2v) is 5.67. The number of aromatic nitrogens is 1. The van der Waals surface area contributed by atoms with Crippen LogP contribution in [-0.4, -0.2) is 10.8 Å². The van der Waals surface area contributed by atoms with Crippen LogP contribution in [0.2, 0.25) is 0 Å². The first-order valence-electron chi connectivity index (χ1n) is 4.06. The molecular formula is C10H5FINOS. The van der Waals surface area contributed by atoms with Gasteiger partial charge in [0, 0.05) is 22.7 Å². The Morgan fingerprint density at radius 2 is 2.13 bits per heavy atom. The zero-order valence-electron chi connectivity index (χ0n) is 7.41. The van der Waals surface area contributed by atoms with Crippen molar-refractivity contribution >= 4 is 39.7 Å². The fraction of sp³-hybridized carbons (Fsp3) is 0. The Bertz CT molecular complexity index is 512. The predicted molar refractivity (Wildman–Crippen MR) is 64.7 cm³/mol. The van der Waals surface area contributed by atoms with E-state index in [-0.39, 0.29) is 11.3 Å². The van der Waals surface area contributed by atoms with E-state index < -0.39 is 5.82 Å². The summed E-state index contributed by atoms with van der Waals surface area (Å²) in [6.45, 7) is 0. The molecule has 0 aliphatic carbocycles. The molecule has 0 aliphatic rings. The number of ketones is 1. The Balaban J connectivity index is 2.36. The standard InChI is InChI=1S/C10H5FINOS/c11-8-1-6(3-13-4-8)10(14)7-2-9(12)15-5-7/h1-5H. The third kappa shape index (κ3) is 2.40. The minimum Gasteiger partial charge on any atom is -0.289 e. The van der Waals surface area contributed by atoms with Crippen molar-refractivity contribution in [2.45, 2.75) is 0 Å². The molecule has 0 amide bonds. The molecule has 2 heterocycles. The molecule has 2 aromatic heterocycles. The number of rotatable bonds is 2. The average Bonchev–Trinajstić information content (AvgIpc) is 2.64. The molecule has 0 N–H and O–H groups in total. The van der Waals surface area contributed by atoms with E-state index in [1.54, 1.807) is 11.4 Å². The smallest absolute Gasteiger partial charge is 0.195 e. The van der Waals surface area contributed by atoms with Gasteiger partial charge in [0.1, 0.15) is 5.82 Å². The predicted octanol–water partition coefficient (Wildman–Crippen LogP) is 3.12. The zero-order valence-corrected chi connectivity index (χ0v) is 10.4. The number of thiophene rings is 1. The third-order valence-electron chi connectivity index (χ3n) is 1.80. The molecule has 2 rings (SSSR count). The second kappa shape index (κ2) is 4.36. The molecule has 5 heteroatoms. The Kier molecular flexibility index (Phi) is 3.11. The molecule has 76 valence electrons. The number of carbonyl (C=O) groups is 1. The number of nitrogens with zero attached hydrogens (tertiary/aromatic N) is 1. The Hall–Kier alpha value is -0.820. The highest BCUT2D eigenvalue weighted by Crippen LogP contribution is 2.19. The van der Waals surface area contributed by atoms with Gasteiger partial charge in [-0.3, -0.25) is 9.78 Å². The molecule has 0 aliphatic heterocycles. The summed E-state index contributed by atoms with van der Waals surface area (Å²) in [4.78, 5) is 15.5. The Labute approximate surface area is 103 Å². The van der Waals surface area contributed by atoms with Gasteiger partial charge in [0.05, 0.1) is 9.08 Å². The Morgan fingerprint density at radius 1 is 1.33 bits per heavy atom. The van der Waals surface area contributed by atoms with Gasteiger partial charge in [-0.15, -0.1) is 11.3 Å². The van der Waals surface area contributed by atoms with Gasteiger partial charge < -0.3 is 0 Å². The van der Waals surface area contributed by atoms with E-state index in [4.69, 9.17) is 0 Å². The van der Waals surface area contributed by atoms with E-state index in [9.17, 15) is 9.18 Å². The fourth-order valence-corrected chi connectivity index (χ4v) is 2.46. The zero-order chi connectivity index (χ0) is 10.8. The third-order valence-corrected chi connectivity index (χ3v) is 3.59. The summed E-state index contributed by atoms with van der Waals surface area (Å²) in [5.74, 6) is -0.688. The number of halogens is 2. The SMILES string of the molecule is O=C(c1cncc(F)c1)c1csc(I)c1. The molecule has 0 radical (unpaired) electrons. The second-order valence-electron chi connectivity index (χ2n) is 2.86. The van der Waals surface area contributed by atoms with Gasteiger partial charge in [0.15, 0.2) is 5.78 Å². The largest absolute Gasteiger partial charge is 0.289 e. The van der Waals surface area contributed by atoms with Gasteiger partial charge in [0.2, 0.25) is 0 Å². The van der Waals surface area contributed by atoms with Crippen LogP contribution in [0.3, 0.4) is 0 Å². The first-order chi connectivity index (χ1) is 7.16. The lowest BCUT2D eigenvalue weighted by Crippen LogP contribution is -2.00. The molecule has 0 saturated heterocycles. The van der Waals surface area contributed by atoms with E-state index in [2.05, 4.69) is 27.6 Å². The maximum absolute atomic E-state index is 12.8. The molecule has 0 unspecified atom stereocenters. The summed E-state index contributed by atoms with van der Waals surface area (Å²) in [5.41, 5.74) is 0.862. The highest BCUT2D eigenvalue weighted by Gasteiger charge is 2.11. The Morgan fingerprint density at radius 3 is 2.73 bits per heavy atom. The minimum atomic E-state index is -0.495. The minimum absolute atomic E-state index is 0.193. The van der Waals surface area contributed by atoms with Crippen LogP contribution < -0.4 is 0 Å². The molecule has 2 aromatic rings. The van der Waals surface area contributed by atoms with Gasteiger partial charge in [-0.2, -0.15) is 0 Å². The lowest BCUT2D eigenvalue weighted by atomic mass is 10.1. The number of hydrogen-bond donors (Lipinski definition) is 0. The summed E-state index contributed by atoms with van der Waals surface area (Å²) in [7, 11) is 0. The number of carbonyl (C=O) groups excluding carboxylic acids is 1. The maximum atomic E-state index is 12.8. The van der Waals surface area contributed by atoms with Crippen LogP contribution in [0.15, 0.2) is 29.9 Å². The first kappa shape index (κ1) is 10.7. The normalized spacial score (nSPS) is 10.3. The van der Waals surface area contributed by atoms with Crippen molar-refractivity contribution in [3.05, 3.63) is 49.7 Å². The summed E-state index contributed by atoms with van der Waals surface area (Å²) in [6.07, 6.45) is 2.45. The fourth-order valence-electron chi connectivity index (χ4n) is 1.13. The molecule has 0 spiro atoms. The lowest BCUT2D eigenvalue weighted by molar-refractivity contribution is 0.103. The van der Waals surface area contributed by atoms with E-state index in [0.29, 0.717) is 5.56 Å². The molecule has 0 aromatic carbocycles. The van der Waals surface area contributed by atoms with Crippen LogP contribution in [-0.2, 0) is 0 Å². The van der Waals surface area contributed by atoms with Crippen molar-refractivity contribution in [1.29, 1.82) is 0 Å². The van der Waals surface area contributed by atoms with Gasteiger partial charge in [-0.25, -0.2) is 4.39 Å². The van der Waals surface area contributed by atoms with Crippen LogP contribution in [0.5, 0.6) is 0 Å². The molecule has 15 heavy (non-hydrogen) atoms. The van der Waals surface area contributed by atoms with Crippen LogP contribution in [0.1, 0.15) is 15.9 Å². The molecule has 2 nitrogen and oxygen atoms in total. The van der Waals surface area contributed by atoms with Crippen molar-refractivity contribution in [3.8, 4) is 0 Å². The number of pyridine rings is 1. The molecular weight excluding hydrogens is 328 g/mol. The average molecular weight is 333 g/mol. The lowest BCUT2D eigenvalue weighted by Gasteiger charge is -1.96. The summed E-state index contributed by atoms with van der Waals surface area (Å²) < 4.78 is 13.9. The summed E-state index contributed by atoms with van der Waals surface area (Å²) >= 11 is 3.62. The van der Waals surface area contributed by atoms with Crippen LogP contribution in [0.25, 0.3) is 0 Å². The molecule has 0 bridgehead atoms. The quantitative estimate of drug-likeness (QED) is 0.624. The van der Waals surface area contributed by atoms with Crippen LogP contribution in [0, 0.1) is 8.70 Å². The molecule has 0 saturated carbocycles. The number of hydrogen-bond acceptors (Lipinski definition) is 3. The highest BCUT2D eigenvalue weighted by molar-refractivity contribution is 14.1. The topological polar surface area (TPSA) is 30.0 Å². The highest BCUT2D eigenvalue weighted by atomic mass is 127. The van der Waals surface area contributed by atoms with Crippen molar-refractivity contribution in [2.75, 3.05) is 0 Å². The van der Waals surface area contributed by atoms with Crippen LogP contribution >= 0.6 is 33.9 Å². The monoisotopic (exact) mass is 333 g/mol. The van der Waals surface area contributed by atoms with Crippen molar-refractivity contribution in [3.63, 3.8) is 0 Å². The van der Waals surface area contributed by atoms with Crippen molar-refractivity contribution in [2.24, 2.45) is 0 Å². The van der Waals surface area contributed by atoms with Gasteiger partial charge in [0.25, 0.3) is 0 Å². The van der Waals surface area contributed by atoms with E-state index in [1.165, 1.54) is 23.6 Å². The van der Waals surface area contributed by atoms with E-state index in [1.807, 2.05) is 0 Å². The van der Waals surface area contributed by atoms with E-state index in [0.717, 1.165) is 9.08 Å². The van der Waals surface area contributed by atoms with Crippen molar-refractivity contribution in [1.82, 2.24) is 4.98 Å². The summed E-state index contributed by atoms with van der Waals surface area (Å²) in [5, 5.41) is 1.76. The first-order valence-corrected chi connectivity index (χ1v) is 6.02. The van der Waals surface area contributed by atoms with Crippen LogP contribution in [0.4, 0.5) is 4.39 Å². The maximum Gasteiger partial charge on any atom is 0.195 e. The van der Waals surface area contributed by atoms with Gasteiger partial charge in [-0.1, -0.05) is 0 Å². The van der Waals surface area contributed by atoms with E-state index >= 15 is 0 Å². The molecule has 0 fully saturated rings. The molecule has 0 atom stereocenters. The van der Waals surface area contributed by atoms with Gasteiger partial charge in [-0.05, 0) is 34.7 Å². The van der Waals surface area contributed by atoms with Crippen molar-refractivity contribution < 1.29 is 9.18 Å². The van der Waals surface area contributed by atoms with Gasteiger partial charge >= 0.3 is 0 Å².